The maximum atomic E-state index is 2.74. The van der Waals surface area contributed by atoms with Crippen LogP contribution in [0.15, 0.2) is 59.7 Å². The van der Waals surface area contributed by atoms with E-state index in [1.807, 2.05) is 0 Å². The van der Waals surface area contributed by atoms with E-state index in [2.05, 4.69) is 83.9 Å². The van der Waals surface area contributed by atoms with Gasteiger partial charge in [-0.1, -0.05) is 0 Å². The molecule has 2 aliphatic carbocycles. The smallest absolute Gasteiger partial charge is 0.147 e. The van der Waals surface area contributed by atoms with E-state index in [0.29, 0.717) is 7.35 Å². The molecule has 0 nitrogen and oxygen atoms in total. The molecule has 0 radical (unpaired) electrons. The van der Waals surface area contributed by atoms with Crippen molar-refractivity contribution in [2.45, 2.75) is 30.6 Å². The van der Waals surface area contributed by atoms with Gasteiger partial charge in [-0.2, -0.15) is 0 Å². The standard InChI is InChI=1S/2C10H9.2CH3.2ClH.GeH2.Hf/c2*1-8-6-9-4-2-3-5-10(9)7-8;;;;;;/h2*2-7H,1H3;2*1H3;2*1H;1H2;. The van der Waals surface area contributed by atoms with E-state index in [-0.39, 0.29) is 24.8 Å². The largest absolute Gasteiger partial charge is 0.147 e. The molecule has 0 saturated heterocycles. The maximum Gasteiger partial charge on any atom is -0.147 e. The first-order valence-electron chi connectivity index (χ1n) is 8.90. The molecule has 26 heavy (non-hydrogen) atoms. The molecule has 138 valence electrons. The topological polar surface area (TPSA) is 0 Å². The molecule has 0 heterocycles. The third-order valence-corrected chi connectivity index (χ3v) is 39.3. The Balaban J connectivity index is 0.00000121. The Hall–Kier alpha value is -0.0870. The summed E-state index contributed by atoms with van der Waals surface area (Å²) in [6, 6.07) is 18.2. The molecule has 0 fully saturated rings. The van der Waals surface area contributed by atoms with Crippen molar-refractivity contribution >= 4 is 49.2 Å². The van der Waals surface area contributed by atoms with Crippen LogP contribution in [-0.2, 0) is 15.4 Å². The van der Waals surface area contributed by atoms with Crippen molar-refractivity contribution in [1.82, 2.24) is 0 Å². The quantitative estimate of drug-likeness (QED) is 0.340. The predicted octanol–water partition coefficient (Wildman–Crippen LogP) is 6.48. The molecular formula is C22H28Cl2GeHf. The van der Waals surface area contributed by atoms with Gasteiger partial charge in [0.25, 0.3) is 0 Å². The Kier molecular flexibility index (Phi) is 6.31. The molecule has 0 saturated carbocycles. The normalized spacial score (nSPS) is 21.0. The Bertz CT molecular complexity index is 908. The van der Waals surface area contributed by atoms with Gasteiger partial charge in [-0.3, -0.25) is 0 Å². The third-order valence-electron chi connectivity index (χ3n) is 6.19. The van der Waals surface area contributed by atoms with E-state index < -0.39 is 15.4 Å². The first-order chi connectivity index (χ1) is 11.3. The van der Waals surface area contributed by atoms with Crippen LogP contribution in [-0.4, -0.2) is 12.2 Å². The SMILES string of the molecule is CC1=Cc2ccccc2[CH]1[Hf]([CH3])([CH3])(=[GeH2])[CH]1C(C)=Cc2ccccc21.Cl.Cl. The summed E-state index contributed by atoms with van der Waals surface area (Å²) in [5, 5.41) is 0. The van der Waals surface area contributed by atoms with Gasteiger partial charge < -0.3 is 0 Å². The second-order valence-corrected chi connectivity index (χ2v) is 72.4. The van der Waals surface area contributed by atoms with E-state index >= 15 is 0 Å². The summed E-state index contributed by atoms with van der Waals surface area (Å²) in [5.41, 5.74) is 9.37. The summed E-state index contributed by atoms with van der Waals surface area (Å²) in [6.45, 7) is 4.76. The van der Waals surface area contributed by atoms with E-state index in [9.17, 15) is 0 Å². The summed E-state index contributed by atoms with van der Waals surface area (Å²) < 4.78 is 6.90. The molecule has 4 rings (SSSR count). The second kappa shape index (κ2) is 7.39. The molecule has 0 aliphatic heterocycles. The van der Waals surface area contributed by atoms with Crippen LogP contribution in [0.1, 0.15) is 43.5 Å². The molecule has 0 aromatic heterocycles. The van der Waals surface area contributed by atoms with Crippen LogP contribution >= 0.6 is 24.8 Å². The minimum Gasteiger partial charge on any atom is -0.147 e. The first kappa shape index (κ1) is 22.2. The number of allylic oxidation sites excluding steroid dienone is 2. The molecular weight excluding hydrogens is 586 g/mol. The van der Waals surface area contributed by atoms with Crippen molar-refractivity contribution in [3.8, 4) is 0 Å². The van der Waals surface area contributed by atoms with Gasteiger partial charge in [-0.25, -0.2) is 0 Å². The molecule has 0 N–H and O–H groups in total. The van der Waals surface area contributed by atoms with Crippen molar-refractivity contribution in [3.63, 3.8) is 0 Å². The predicted molar refractivity (Wildman–Crippen MR) is 120 cm³/mol. The van der Waals surface area contributed by atoms with Gasteiger partial charge in [0.05, 0.1) is 0 Å². The van der Waals surface area contributed by atoms with Crippen LogP contribution in [0, 0.1) is 0 Å². The number of hydrogen-bond donors (Lipinski definition) is 0. The van der Waals surface area contributed by atoms with Gasteiger partial charge >= 0.3 is 152 Å². The number of rotatable bonds is 2. The van der Waals surface area contributed by atoms with E-state index in [1.165, 1.54) is 23.3 Å². The van der Waals surface area contributed by atoms with Crippen LogP contribution in [0.3, 0.4) is 0 Å². The molecule has 0 spiro atoms. The van der Waals surface area contributed by atoms with Gasteiger partial charge in [-0.15, -0.1) is 24.8 Å². The maximum absolute atomic E-state index is 3.19. The minimum atomic E-state index is -3.19. The number of hydrogen-bond acceptors (Lipinski definition) is 0. The number of halogens is 2. The molecule has 0 amide bonds. The molecule has 2 aliphatic rings. The fourth-order valence-corrected chi connectivity index (χ4v) is 46.0. The Labute approximate surface area is 175 Å². The van der Waals surface area contributed by atoms with Crippen LogP contribution in [0.4, 0.5) is 0 Å². The second-order valence-electron chi connectivity index (χ2n) is 8.84. The average Bonchev–Trinajstić information content (AvgIpc) is 3.02. The third kappa shape index (κ3) is 3.28. The molecule has 2 aromatic carbocycles. The Morgan fingerprint density at radius 3 is 1.42 bits per heavy atom. The molecule has 4 heteroatoms. The molecule has 0 bridgehead atoms. The van der Waals surface area contributed by atoms with Crippen molar-refractivity contribution in [2.24, 2.45) is 0 Å². The summed E-state index contributed by atoms with van der Waals surface area (Å²) in [4.78, 5) is 0. The Morgan fingerprint density at radius 1 is 0.692 bits per heavy atom. The molecule has 2 aromatic rings. The zero-order chi connectivity index (χ0) is 17.1. The fraction of sp³-hybridized carbons (Fsp3) is 0.273. The van der Waals surface area contributed by atoms with Crippen LogP contribution in [0.25, 0.3) is 12.2 Å². The molecule has 2 atom stereocenters. The zero-order valence-corrected chi connectivity index (χ0v) is 24.1. The zero-order valence-electron chi connectivity index (χ0n) is 16.0. The van der Waals surface area contributed by atoms with Crippen LogP contribution in [0.2, 0.25) is 9.36 Å². The molecule has 2 unspecified atom stereocenters. The Morgan fingerprint density at radius 2 is 1.04 bits per heavy atom. The van der Waals surface area contributed by atoms with Crippen LogP contribution in [0.5, 0.6) is 0 Å². The number of fused-ring (bicyclic) bond motifs is 2. The summed E-state index contributed by atoms with van der Waals surface area (Å²) in [6.07, 6.45) is 4.91. The van der Waals surface area contributed by atoms with E-state index in [4.69, 9.17) is 0 Å². The summed E-state index contributed by atoms with van der Waals surface area (Å²) in [5.74, 6) is 0. The monoisotopic (exact) mass is 616 g/mol. The van der Waals surface area contributed by atoms with Crippen molar-refractivity contribution in [2.75, 3.05) is 0 Å². The van der Waals surface area contributed by atoms with E-state index in [1.54, 1.807) is 22.3 Å². The first-order valence-corrected chi connectivity index (χ1v) is 34.9. The van der Waals surface area contributed by atoms with Crippen molar-refractivity contribution < 1.29 is 15.4 Å². The van der Waals surface area contributed by atoms with Crippen molar-refractivity contribution in [3.05, 3.63) is 81.9 Å². The van der Waals surface area contributed by atoms with Crippen LogP contribution < -0.4 is 0 Å². The minimum absolute atomic E-state index is 0. The van der Waals surface area contributed by atoms with Gasteiger partial charge in [0.2, 0.25) is 0 Å². The summed E-state index contributed by atoms with van der Waals surface area (Å²) >= 11 is -1.71. The van der Waals surface area contributed by atoms with Gasteiger partial charge in [0, 0.05) is 0 Å². The van der Waals surface area contributed by atoms with Gasteiger partial charge in [-0.05, 0) is 0 Å². The summed E-state index contributed by atoms with van der Waals surface area (Å²) in [7, 11) is 0. The van der Waals surface area contributed by atoms with Crippen molar-refractivity contribution in [1.29, 1.82) is 0 Å². The van der Waals surface area contributed by atoms with Gasteiger partial charge in [0.1, 0.15) is 0 Å². The van der Waals surface area contributed by atoms with Gasteiger partial charge in [0.15, 0.2) is 0 Å². The fourth-order valence-electron chi connectivity index (χ4n) is 5.64. The number of benzene rings is 2. The average molecular weight is 614 g/mol. The van der Waals surface area contributed by atoms with E-state index in [0.717, 1.165) is 0 Å².